The van der Waals surface area contributed by atoms with Crippen LogP contribution in [0, 0.1) is 0 Å². The van der Waals surface area contributed by atoms with Crippen molar-refractivity contribution in [2.24, 2.45) is 0 Å². The van der Waals surface area contributed by atoms with Crippen molar-refractivity contribution >= 4 is 34.9 Å². The molecule has 0 atom stereocenters. The summed E-state index contributed by atoms with van der Waals surface area (Å²) in [6, 6.07) is 12.5. The van der Waals surface area contributed by atoms with Crippen LogP contribution in [0.3, 0.4) is 0 Å². The molecule has 32 heavy (non-hydrogen) atoms. The van der Waals surface area contributed by atoms with Crippen molar-refractivity contribution in [3.8, 4) is 11.3 Å². The molecule has 2 aromatic carbocycles. The first kappa shape index (κ1) is 21.9. The predicted molar refractivity (Wildman–Crippen MR) is 123 cm³/mol. The Morgan fingerprint density at radius 3 is 2.62 bits per heavy atom. The number of nitrogens with one attached hydrogen (secondary N) is 1. The van der Waals surface area contributed by atoms with Crippen molar-refractivity contribution in [1.82, 2.24) is 4.98 Å². The summed E-state index contributed by atoms with van der Waals surface area (Å²) in [5.41, 5.74) is 2.78. The number of benzene rings is 2. The lowest BCUT2D eigenvalue weighted by Gasteiger charge is -2.22. The van der Waals surface area contributed by atoms with Crippen molar-refractivity contribution < 1.29 is 18.7 Å². The number of nitrogens with zero attached hydrogens (tertiary/aromatic N) is 2. The second-order valence-corrected chi connectivity index (χ2v) is 8.03. The summed E-state index contributed by atoms with van der Waals surface area (Å²) < 4.78 is 10.6. The zero-order chi connectivity index (χ0) is 22.5. The average Bonchev–Trinajstić information content (AvgIpc) is 3.50. The third-order valence-electron chi connectivity index (χ3n) is 5.39. The number of hydrogen-bond acceptors (Lipinski definition) is 6. The van der Waals surface area contributed by atoms with E-state index in [1.54, 1.807) is 30.5 Å². The molecule has 0 spiro atoms. The minimum absolute atomic E-state index is 0.182. The fraction of sp³-hybridized carbons (Fsp3) is 0.292. The van der Waals surface area contributed by atoms with Crippen molar-refractivity contribution in [1.29, 1.82) is 0 Å². The standard InChI is InChI=1S/C24H24ClN3O4/c1-31-24(30)17-6-9-20(28-12-2-3-13-28)19(14-17)27-22(29)10-11-23-26-15-21(32-23)16-4-7-18(25)8-5-16/h4-9,14-15H,2-3,10-13H2,1H3,(H,27,29). The van der Waals surface area contributed by atoms with Gasteiger partial charge in [0.05, 0.1) is 30.2 Å². The monoisotopic (exact) mass is 453 g/mol. The number of carbonyl (C=O) groups is 2. The zero-order valence-electron chi connectivity index (χ0n) is 17.8. The van der Waals surface area contributed by atoms with E-state index in [1.165, 1.54) is 7.11 Å². The van der Waals surface area contributed by atoms with Crippen LogP contribution in [0.25, 0.3) is 11.3 Å². The van der Waals surface area contributed by atoms with Gasteiger partial charge in [-0.3, -0.25) is 4.79 Å². The molecule has 0 saturated carbocycles. The van der Waals surface area contributed by atoms with Crippen LogP contribution in [0.15, 0.2) is 53.1 Å². The van der Waals surface area contributed by atoms with Gasteiger partial charge in [-0.1, -0.05) is 11.6 Å². The summed E-state index contributed by atoms with van der Waals surface area (Å²) in [7, 11) is 1.34. The molecule has 1 aliphatic rings. The molecule has 1 aliphatic heterocycles. The van der Waals surface area contributed by atoms with E-state index in [-0.39, 0.29) is 12.3 Å². The highest BCUT2D eigenvalue weighted by Crippen LogP contribution is 2.30. The normalized spacial score (nSPS) is 13.2. The van der Waals surface area contributed by atoms with E-state index in [9.17, 15) is 9.59 Å². The zero-order valence-corrected chi connectivity index (χ0v) is 18.5. The first-order valence-electron chi connectivity index (χ1n) is 10.5. The third kappa shape index (κ3) is 5.11. The number of hydrogen-bond donors (Lipinski definition) is 1. The lowest BCUT2D eigenvalue weighted by Crippen LogP contribution is -2.21. The van der Waals surface area contributed by atoms with Crippen LogP contribution >= 0.6 is 11.6 Å². The van der Waals surface area contributed by atoms with Gasteiger partial charge in [-0.2, -0.15) is 0 Å². The summed E-state index contributed by atoms with van der Waals surface area (Å²) in [6.07, 6.45) is 4.40. The number of esters is 1. The molecule has 0 radical (unpaired) electrons. The van der Waals surface area contributed by atoms with Crippen LogP contribution < -0.4 is 10.2 Å². The first-order chi connectivity index (χ1) is 15.5. The van der Waals surface area contributed by atoms with Crippen LogP contribution in [0.4, 0.5) is 11.4 Å². The van der Waals surface area contributed by atoms with E-state index in [1.807, 2.05) is 18.2 Å². The third-order valence-corrected chi connectivity index (χ3v) is 5.64. The van der Waals surface area contributed by atoms with E-state index in [0.29, 0.717) is 34.3 Å². The van der Waals surface area contributed by atoms with Gasteiger partial charge in [0.25, 0.3) is 0 Å². The van der Waals surface area contributed by atoms with Gasteiger partial charge in [-0.15, -0.1) is 0 Å². The van der Waals surface area contributed by atoms with Crippen LogP contribution in [0.2, 0.25) is 5.02 Å². The van der Waals surface area contributed by atoms with Gasteiger partial charge in [0, 0.05) is 36.5 Å². The van der Waals surface area contributed by atoms with E-state index < -0.39 is 5.97 Å². The fourth-order valence-corrected chi connectivity index (χ4v) is 3.85. The number of aryl methyl sites for hydroxylation is 1. The van der Waals surface area contributed by atoms with E-state index in [2.05, 4.69) is 15.2 Å². The lowest BCUT2D eigenvalue weighted by atomic mass is 10.1. The molecule has 1 N–H and O–H groups in total. The second-order valence-electron chi connectivity index (χ2n) is 7.59. The van der Waals surface area contributed by atoms with Crippen molar-refractivity contribution in [2.75, 3.05) is 30.4 Å². The van der Waals surface area contributed by atoms with Crippen LogP contribution in [0.1, 0.15) is 35.5 Å². The molecule has 4 rings (SSSR count). The number of oxazole rings is 1. The summed E-state index contributed by atoms with van der Waals surface area (Å²) in [5, 5.41) is 3.60. The predicted octanol–water partition coefficient (Wildman–Crippen LogP) is 4.95. The maximum atomic E-state index is 12.7. The average molecular weight is 454 g/mol. The Balaban J connectivity index is 1.43. The molecule has 7 nitrogen and oxygen atoms in total. The highest BCUT2D eigenvalue weighted by molar-refractivity contribution is 6.30. The van der Waals surface area contributed by atoms with Crippen molar-refractivity contribution in [2.45, 2.75) is 25.7 Å². The van der Waals surface area contributed by atoms with Crippen LogP contribution in [-0.2, 0) is 16.0 Å². The lowest BCUT2D eigenvalue weighted by molar-refractivity contribution is -0.116. The Bertz CT molecular complexity index is 1100. The number of anilines is 2. The van der Waals surface area contributed by atoms with Crippen molar-refractivity contribution in [3.05, 3.63) is 65.1 Å². The molecule has 1 amide bonds. The molecule has 0 aliphatic carbocycles. The molecule has 166 valence electrons. The van der Waals surface area contributed by atoms with Gasteiger partial charge in [0.15, 0.2) is 11.7 Å². The number of aromatic nitrogens is 1. The minimum atomic E-state index is -0.442. The molecule has 1 saturated heterocycles. The maximum Gasteiger partial charge on any atom is 0.337 e. The largest absolute Gasteiger partial charge is 0.465 e. The molecular formula is C24H24ClN3O4. The molecule has 1 aromatic heterocycles. The molecule has 1 fully saturated rings. The summed E-state index contributed by atoms with van der Waals surface area (Å²) >= 11 is 5.92. The SMILES string of the molecule is COC(=O)c1ccc(N2CCCC2)c(NC(=O)CCc2ncc(-c3ccc(Cl)cc3)o2)c1. The summed E-state index contributed by atoms with van der Waals surface area (Å²) in [6.45, 7) is 1.84. The van der Waals surface area contributed by atoms with Gasteiger partial charge in [-0.25, -0.2) is 9.78 Å². The van der Waals surface area contributed by atoms with Gasteiger partial charge in [0.2, 0.25) is 5.91 Å². The van der Waals surface area contributed by atoms with E-state index in [0.717, 1.165) is 37.2 Å². The van der Waals surface area contributed by atoms with Crippen molar-refractivity contribution in [3.63, 3.8) is 0 Å². The highest BCUT2D eigenvalue weighted by Gasteiger charge is 2.19. The van der Waals surface area contributed by atoms with Gasteiger partial charge < -0.3 is 19.4 Å². The molecular weight excluding hydrogens is 430 g/mol. The van der Waals surface area contributed by atoms with Gasteiger partial charge in [0.1, 0.15) is 0 Å². The van der Waals surface area contributed by atoms with E-state index >= 15 is 0 Å². The number of amides is 1. The summed E-state index contributed by atoms with van der Waals surface area (Å²) in [5.74, 6) is 0.481. The molecule has 2 heterocycles. The highest BCUT2D eigenvalue weighted by atomic mass is 35.5. The molecule has 3 aromatic rings. The molecule has 0 unspecified atom stereocenters. The Labute approximate surface area is 191 Å². The topological polar surface area (TPSA) is 84.7 Å². The number of halogens is 1. The fourth-order valence-electron chi connectivity index (χ4n) is 3.72. The first-order valence-corrected chi connectivity index (χ1v) is 10.9. The Morgan fingerprint density at radius 2 is 1.91 bits per heavy atom. The quantitative estimate of drug-likeness (QED) is 0.509. The smallest absolute Gasteiger partial charge is 0.337 e. The Hall–Kier alpha value is -3.32. The molecule has 0 bridgehead atoms. The van der Waals surface area contributed by atoms with E-state index in [4.69, 9.17) is 20.8 Å². The number of carbonyl (C=O) groups excluding carboxylic acids is 2. The summed E-state index contributed by atoms with van der Waals surface area (Å²) in [4.78, 5) is 31.1. The number of methoxy groups -OCH3 is 1. The van der Waals surface area contributed by atoms with Gasteiger partial charge in [-0.05, 0) is 55.3 Å². The maximum absolute atomic E-state index is 12.7. The molecule has 8 heteroatoms. The number of ether oxygens (including phenoxy) is 1. The minimum Gasteiger partial charge on any atom is -0.465 e. The Kier molecular flexibility index (Phi) is 6.75. The Morgan fingerprint density at radius 1 is 1.16 bits per heavy atom. The van der Waals surface area contributed by atoms with Crippen LogP contribution in [0.5, 0.6) is 0 Å². The van der Waals surface area contributed by atoms with Gasteiger partial charge >= 0.3 is 5.97 Å². The number of rotatable bonds is 7. The second kappa shape index (κ2) is 9.87. The van der Waals surface area contributed by atoms with Crippen LogP contribution in [-0.4, -0.2) is 37.1 Å².